The first kappa shape index (κ1) is 12.0. The van der Waals surface area contributed by atoms with Crippen LogP contribution in [0, 0.1) is 0 Å². The third kappa shape index (κ3) is 2.99. The highest BCUT2D eigenvalue weighted by molar-refractivity contribution is 7.89. The van der Waals surface area contributed by atoms with Crippen LogP contribution in [0.4, 0.5) is 0 Å². The van der Waals surface area contributed by atoms with Gasteiger partial charge in [0.15, 0.2) is 0 Å². The van der Waals surface area contributed by atoms with Gasteiger partial charge in [-0.3, -0.25) is 4.79 Å². The molecule has 0 radical (unpaired) electrons. The third-order valence-corrected chi connectivity index (χ3v) is 4.14. The summed E-state index contributed by atoms with van der Waals surface area (Å²) in [5.41, 5.74) is -0.344. The maximum Gasteiger partial charge on any atom is 0.247 e. The minimum Gasteiger partial charge on any atom is -0.328 e. The molecule has 0 aromatic carbocycles. The van der Waals surface area contributed by atoms with Gasteiger partial charge in [0, 0.05) is 23.8 Å². The molecule has 6 nitrogen and oxygen atoms in total. The topological polar surface area (TPSA) is 91.9 Å². The molecule has 17 heavy (non-hydrogen) atoms. The first-order valence-corrected chi connectivity index (χ1v) is 7.01. The van der Waals surface area contributed by atoms with Crippen LogP contribution in [0.1, 0.15) is 5.01 Å². The summed E-state index contributed by atoms with van der Waals surface area (Å²) in [4.78, 5) is 17.1. The van der Waals surface area contributed by atoms with Gasteiger partial charge in [-0.15, -0.1) is 11.3 Å². The van der Waals surface area contributed by atoms with E-state index >= 15 is 0 Å². The van der Waals surface area contributed by atoms with E-state index in [0.29, 0.717) is 5.01 Å². The Balaban J connectivity index is 2.14. The quantitative estimate of drug-likeness (QED) is 0.837. The minimum atomic E-state index is -3.61. The van der Waals surface area contributed by atoms with Crippen LogP contribution in [0.5, 0.6) is 0 Å². The van der Waals surface area contributed by atoms with Crippen molar-refractivity contribution in [1.82, 2.24) is 14.7 Å². The van der Waals surface area contributed by atoms with Crippen LogP contribution in [-0.4, -0.2) is 18.4 Å². The number of hydrogen-bond acceptors (Lipinski definition) is 5. The van der Waals surface area contributed by atoms with Crippen molar-refractivity contribution in [1.29, 1.82) is 0 Å². The van der Waals surface area contributed by atoms with Crippen molar-refractivity contribution in [3.63, 3.8) is 0 Å². The van der Waals surface area contributed by atoms with Gasteiger partial charge in [-0.05, 0) is 6.07 Å². The van der Waals surface area contributed by atoms with Crippen LogP contribution in [0.25, 0.3) is 0 Å². The number of nitrogens with one attached hydrogen (secondary N) is 2. The lowest BCUT2D eigenvalue weighted by molar-refractivity contribution is 0.580. The van der Waals surface area contributed by atoms with Gasteiger partial charge >= 0.3 is 0 Å². The molecule has 2 rings (SSSR count). The van der Waals surface area contributed by atoms with Crippen LogP contribution in [0.3, 0.4) is 0 Å². The molecule has 0 saturated carbocycles. The summed E-state index contributed by atoms with van der Waals surface area (Å²) >= 11 is 1.37. The summed E-state index contributed by atoms with van der Waals surface area (Å²) in [6, 6.07) is 2.42. The first-order chi connectivity index (χ1) is 8.08. The van der Waals surface area contributed by atoms with Crippen LogP contribution < -0.4 is 10.3 Å². The van der Waals surface area contributed by atoms with Gasteiger partial charge in [0.1, 0.15) is 5.01 Å². The Morgan fingerprint density at radius 1 is 1.41 bits per heavy atom. The fraction of sp³-hybridized carbons (Fsp3) is 0.111. The molecule has 2 aromatic heterocycles. The van der Waals surface area contributed by atoms with Crippen molar-refractivity contribution in [3.8, 4) is 0 Å². The summed E-state index contributed by atoms with van der Waals surface area (Å²) in [6.07, 6.45) is 2.76. The van der Waals surface area contributed by atoms with Gasteiger partial charge < -0.3 is 4.98 Å². The Morgan fingerprint density at radius 2 is 2.24 bits per heavy atom. The van der Waals surface area contributed by atoms with Gasteiger partial charge in [0.05, 0.1) is 11.4 Å². The molecule has 0 aliphatic rings. The molecule has 2 N–H and O–H groups in total. The van der Waals surface area contributed by atoms with Gasteiger partial charge in [0.25, 0.3) is 0 Å². The molecular weight excluding hydrogens is 262 g/mol. The Bertz CT molecular complexity index is 626. The van der Waals surface area contributed by atoms with E-state index in [2.05, 4.69) is 14.7 Å². The van der Waals surface area contributed by atoms with Gasteiger partial charge in [-0.2, -0.15) is 0 Å². The van der Waals surface area contributed by atoms with E-state index in [1.165, 1.54) is 17.4 Å². The molecule has 0 unspecified atom stereocenters. The van der Waals surface area contributed by atoms with Crippen LogP contribution >= 0.6 is 11.3 Å². The summed E-state index contributed by atoms with van der Waals surface area (Å²) in [6.45, 7) is 0.138. The van der Waals surface area contributed by atoms with E-state index in [9.17, 15) is 13.2 Å². The average molecular weight is 271 g/mol. The highest BCUT2D eigenvalue weighted by Crippen LogP contribution is 2.07. The Kier molecular flexibility index (Phi) is 3.36. The molecule has 0 aliphatic carbocycles. The lowest BCUT2D eigenvalue weighted by atomic mass is 10.5. The molecule has 0 amide bonds. The monoisotopic (exact) mass is 271 g/mol. The number of pyridine rings is 1. The molecule has 0 fully saturated rings. The number of rotatable bonds is 4. The van der Waals surface area contributed by atoms with Gasteiger partial charge in [0.2, 0.25) is 15.6 Å². The zero-order valence-electron chi connectivity index (χ0n) is 8.58. The summed E-state index contributed by atoms with van der Waals surface area (Å²) in [5.74, 6) is 0. The molecule has 2 aromatic rings. The Labute approximate surface area is 101 Å². The second-order valence-corrected chi connectivity index (χ2v) is 5.89. The maximum absolute atomic E-state index is 11.8. The summed E-state index contributed by atoms with van der Waals surface area (Å²) < 4.78 is 26.0. The lowest BCUT2D eigenvalue weighted by Gasteiger charge is -2.04. The smallest absolute Gasteiger partial charge is 0.247 e. The number of nitrogens with zero attached hydrogens (tertiary/aromatic N) is 1. The predicted octanol–water partition coefficient (Wildman–Crippen LogP) is 0.310. The Hall–Kier alpha value is -1.51. The predicted molar refractivity (Wildman–Crippen MR) is 63.2 cm³/mol. The maximum atomic E-state index is 11.8. The van der Waals surface area contributed by atoms with E-state index in [1.807, 2.05) is 0 Å². The van der Waals surface area contributed by atoms with E-state index in [0.717, 1.165) is 12.3 Å². The second kappa shape index (κ2) is 4.78. The normalized spacial score (nSPS) is 11.5. The molecule has 0 atom stereocenters. The summed E-state index contributed by atoms with van der Waals surface area (Å²) in [7, 11) is -3.61. The molecule has 8 heteroatoms. The zero-order valence-corrected chi connectivity index (χ0v) is 10.2. The van der Waals surface area contributed by atoms with Crippen molar-refractivity contribution in [3.05, 3.63) is 45.3 Å². The SMILES string of the molecule is O=c1ccc(S(=O)(=O)NCc2nccs2)c[nH]1. The van der Waals surface area contributed by atoms with E-state index < -0.39 is 10.0 Å². The van der Waals surface area contributed by atoms with Gasteiger partial charge in [-0.25, -0.2) is 18.1 Å². The Morgan fingerprint density at radius 3 is 2.82 bits per heavy atom. The molecule has 0 bridgehead atoms. The number of H-pyrrole nitrogens is 1. The fourth-order valence-electron chi connectivity index (χ4n) is 1.14. The van der Waals surface area contributed by atoms with E-state index in [-0.39, 0.29) is 17.0 Å². The molecule has 0 saturated heterocycles. The van der Waals surface area contributed by atoms with E-state index in [1.54, 1.807) is 11.6 Å². The number of sulfonamides is 1. The molecular formula is C9H9N3O3S2. The number of aromatic nitrogens is 2. The first-order valence-electron chi connectivity index (χ1n) is 4.65. The largest absolute Gasteiger partial charge is 0.328 e. The number of aromatic amines is 1. The third-order valence-electron chi connectivity index (χ3n) is 1.96. The highest BCUT2D eigenvalue weighted by Gasteiger charge is 2.13. The standard InChI is InChI=1S/C9H9N3O3S2/c13-8-2-1-7(5-11-8)17(14,15)12-6-9-10-3-4-16-9/h1-5,12H,6H2,(H,11,13). The fourth-order valence-corrected chi connectivity index (χ4v) is 2.75. The average Bonchev–Trinajstić information content (AvgIpc) is 2.80. The lowest BCUT2D eigenvalue weighted by Crippen LogP contribution is -2.24. The van der Waals surface area contributed by atoms with Crippen LogP contribution in [0.2, 0.25) is 0 Å². The van der Waals surface area contributed by atoms with Crippen LogP contribution in [-0.2, 0) is 16.6 Å². The molecule has 0 aliphatic heterocycles. The molecule has 90 valence electrons. The van der Waals surface area contributed by atoms with Crippen molar-refractivity contribution in [2.24, 2.45) is 0 Å². The number of hydrogen-bond donors (Lipinski definition) is 2. The molecule has 2 heterocycles. The van der Waals surface area contributed by atoms with Crippen molar-refractivity contribution < 1.29 is 8.42 Å². The number of thiazole rings is 1. The van der Waals surface area contributed by atoms with Crippen molar-refractivity contribution in [2.75, 3.05) is 0 Å². The highest BCUT2D eigenvalue weighted by atomic mass is 32.2. The minimum absolute atomic E-state index is 0.0219. The molecule has 0 spiro atoms. The summed E-state index contributed by atoms with van der Waals surface area (Å²) in [5, 5.41) is 2.45. The van der Waals surface area contributed by atoms with Gasteiger partial charge in [-0.1, -0.05) is 0 Å². The van der Waals surface area contributed by atoms with E-state index in [4.69, 9.17) is 0 Å². The van der Waals surface area contributed by atoms with Crippen molar-refractivity contribution in [2.45, 2.75) is 11.4 Å². The zero-order chi connectivity index (χ0) is 12.3. The van der Waals surface area contributed by atoms with Crippen molar-refractivity contribution >= 4 is 21.4 Å². The van der Waals surface area contributed by atoms with Crippen LogP contribution in [0.15, 0.2) is 39.6 Å². The second-order valence-electron chi connectivity index (χ2n) is 3.14.